The average Bonchev–Trinajstić information content (AvgIpc) is 2.80. The smallest absolute Gasteiger partial charge is 0.302 e. The molecule has 0 aliphatic rings. The number of hydrogen-bond acceptors (Lipinski definition) is 6. The van der Waals surface area contributed by atoms with Gasteiger partial charge in [-0.1, -0.05) is 18.2 Å². The van der Waals surface area contributed by atoms with Gasteiger partial charge >= 0.3 is 5.97 Å². The summed E-state index contributed by atoms with van der Waals surface area (Å²) < 4.78 is 6.87. The number of nitrogens with one attached hydrogen (secondary N) is 1. The van der Waals surface area contributed by atoms with Crippen LogP contribution in [0.2, 0.25) is 0 Å². The third-order valence-corrected chi connectivity index (χ3v) is 3.42. The van der Waals surface area contributed by atoms with Gasteiger partial charge in [0.25, 0.3) is 0 Å². The van der Waals surface area contributed by atoms with Crippen LogP contribution < -0.4 is 5.32 Å². The van der Waals surface area contributed by atoms with Crippen LogP contribution in [0, 0.1) is 0 Å². The van der Waals surface area contributed by atoms with E-state index in [1.807, 2.05) is 35.9 Å². The number of benzene rings is 1. The Labute approximate surface area is 127 Å². The Morgan fingerprint density at radius 2 is 2.14 bits per heavy atom. The Bertz CT molecular complexity index is 827. The molecule has 7 heteroatoms. The maximum absolute atomic E-state index is 10.7. The average molecular weight is 299 g/mol. The standard InChI is InChI=1S/C15H17N5O2/c1-10(21)22-9-5-8-16-15-17-14-13(18-19-15)11-6-3-4-7-12(11)20(14)2/h3-4,6-7H,5,8-9H2,1-2H3,(H,16,17,19). The summed E-state index contributed by atoms with van der Waals surface area (Å²) in [4.78, 5) is 15.2. The first-order valence-corrected chi connectivity index (χ1v) is 7.12. The predicted molar refractivity (Wildman–Crippen MR) is 83.5 cm³/mol. The lowest BCUT2D eigenvalue weighted by molar-refractivity contribution is -0.140. The third kappa shape index (κ3) is 2.69. The van der Waals surface area contributed by atoms with Crippen molar-refractivity contribution in [2.45, 2.75) is 13.3 Å². The maximum atomic E-state index is 10.7. The van der Waals surface area contributed by atoms with E-state index in [-0.39, 0.29) is 5.97 Å². The molecule has 0 aliphatic carbocycles. The van der Waals surface area contributed by atoms with Crippen LogP contribution in [-0.4, -0.2) is 38.9 Å². The molecule has 7 nitrogen and oxygen atoms in total. The minimum Gasteiger partial charge on any atom is -0.466 e. The number of para-hydroxylation sites is 1. The van der Waals surface area contributed by atoms with Crippen LogP contribution in [-0.2, 0) is 16.6 Å². The number of esters is 1. The zero-order chi connectivity index (χ0) is 15.5. The largest absolute Gasteiger partial charge is 0.466 e. The van der Waals surface area contributed by atoms with Gasteiger partial charge in [0.1, 0.15) is 5.52 Å². The first kappa shape index (κ1) is 14.2. The monoisotopic (exact) mass is 299 g/mol. The molecule has 2 aromatic heterocycles. The highest BCUT2D eigenvalue weighted by molar-refractivity contribution is 6.04. The summed E-state index contributed by atoms with van der Waals surface area (Å²) >= 11 is 0. The zero-order valence-corrected chi connectivity index (χ0v) is 12.5. The normalized spacial score (nSPS) is 11.0. The molecule has 114 valence electrons. The molecule has 1 aromatic carbocycles. The van der Waals surface area contributed by atoms with Crippen LogP contribution >= 0.6 is 0 Å². The van der Waals surface area contributed by atoms with Crippen molar-refractivity contribution in [1.82, 2.24) is 19.7 Å². The van der Waals surface area contributed by atoms with Crippen molar-refractivity contribution in [3.8, 4) is 0 Å². The van der Waals surface area contributed by atoms with Gasteiger partial charge in [-0.25, -0.2) is 0 Å². The van der Waals surface area contributed by atoms with E-state index in [4.69, 9.17) is 4.74 Å². The first-order valence-electron chi connectivity index (χ1n) is 7.12. The number of carbonyl (C=O) groups excluding carboxylic acids is 1. The van der Waals surface area contributed by atoms with Gasteiger partial charge in [-0.3, -0.25) is 4.79 Å². The highest BCUT2D eigenvalue weighted by Crippen LogP contribution is 2.24. The second kappa shape index (κ2) is 5.97. The zero-order valence-electron chi connectivity index (χ0n) is 12.5. The van der Waals surface area contributed by atoms with E-state index in [1.54, 1.807) is 0 Å². The number of hydrogen-bond donors (Lipinski definition) is 1. The van der Waals surface area contributed by atoms with Gasteiger partial charge < -0.3 is 14.6 Å². The molecule has 0 fully saturated rings. The Hall–Kier alpha value is -2.70. The van der Waals surface area contributed by atoms with E-state index in [1.165, 1.54) is 6.92 Å². The highest BCUT2D eigenvalue weighted by Gasteiger charge is 2.11. The number of rotatable bonds is 5. The first-order chi connectivity index (χ1) is 10.7. The number of ether oxygens (including phenoxy) is 1. The van der Waals surface area contributed by atoms with Crippen LogP contribution in [0.3, 0.4) is 0 Å². The summed E-state index contributed by atoms with van der Waals surface area (Å²) in [5, 5.41) is 12.5. The topological polar surface area (TPSA) is 81.9 Å². The van der Waals surface area contributed by atoms with E-state index in [0.717, 1.165) is 22.1 Å². The van der Waals surface area contributed by atoms with Crippen molar-refractivity contribution in [3.05, 3.63) is 24.3 Å². The van der Waals surface area contributed by atoms with Gasteiger partial charge in [0.05, 0.1) is 12.1 Å². The Morgan fingerprint density at radius 1 is 1.32 bits per heavy atom. The molecule has 22 heavy (non-hydrogen) atoms. The molecule has 3 rings (SSSR count). The van der Waals surface area contributed by atoms with Crippen LogP contribution in [0.4, 0.5) is 5.95 Å². The fourth-order valence-corrected chi connectivity index (χ4v) is 2.37. The number of nitrogens with zero attached hydrogens (tertiary/aromatic N) is 4. The fourth-order valence-electron chi connectivity index (χ4n) is 2.37. The van der Waals surface area contributed by atoms with Gasteiger partial charge in [0.2, 0.25) is 5.95 Å². The van der Waals surface area contributed by atoms with Crippen LogP contribution in [0.5, 0.6) is 0 Å². The van der Waals surface area contributed by atoms with Gasteiger partial charge in [-0.15, -0.1) is 10.2 Å². The Balaban J connectivity index is 1.77. The van der Waals surface area contributed by atoms with Crippen molar-refractivity contribution in [1.29, 1.82) is 0 Å². The van der Waals surface area contributed by atoms with Gasteiger partial charge in [0.15, 0.2) is 5.65 Å². The number of aryl methyl sites for hydroxylation is 1. The number of anilines is 1. The predicted octanol–water partition coefficient (Wildman–Crippen LogP) is 1.88. The molecule has 0 saturated heterocycles. The Kier molecular flexibility index (Phi) is 3.86. The van der Waals surface area contributed by atoms with E-state index < -0.39 is 0 Å². The lowest BCUT2D eigenvalue weighted by atomic mass is 10.2. The molecule has 0 aliphatic heterocycles. The summed E-state index contributed by atoms with van der Waals surface area (Å²) in [6.45, 7) is 2.39. The number of aromatic nitrogens is 4. The maximum Gasteiger partial charge on any atom is 0.302 e. The molecule has 0 spiro atoms. The molecule has 0 atom stereocenters. The minimum absolute atomic E-state index is 0.269. The SMILES string of the molecule is CC(=O)OCCCNc1nnc2c3ccccc3n(C)c2n1. The number of fused-ring (bicyclic) bond motifs is 3. The van der Waals surface area contributed by atoms with Gasteiger partial charge in [-0.05, 0) is 12.5 Å². The summed E-state index contributed by atoms with van der Waals surface area (Å²) in [6.07, 6.45) is 0.691. The van der Waals surface area contributed by atoms with Gasteiger partial charge in [-0.2, -0.15) is 4.98 Å². The van der Waals surface area contributed by atoms with Crippen molar-refractivity contribution >= 4 is 34.0 Å². The number of carbonyl (C=O) groups is 1. The molecule has 0 bridgehead atoms. The van der Waals surface area contributed by atoms with Gasteiger partial charge in [0, 0.05) is 25.9 Å². The van der Waals surface area contributed by atoms with Crippen LogP contribution in [0.15, 0.2) is 24.3 Å². The molecule has 0 unspecified atom stereocenters. The Morgan fingerprint density at radius 3 is 2.95 bits per heavy atom. The second-order valence-corrected chi connectivity index (χ2v) is 5.00. The van der Waals surface area contributed by atoms with E-state index >= 15 is 0 Å². The minimum atomic E-state index is -0.269. The summed E-state index contributed by atoms with van der Waals surface area (Å²) in [7, 11) is 1.96. The molecule has 0 radical (unpaired) electrons. The molecular weight excluding hydrogens is 282 g/mol. The van der Waals surface area contributed by atoms with Crippen LogP contribution in [0.1, 0.15) is 13.3 Å². The van der Waals surface area contributed by atoms with Crippen molar-refractivity contribution in [2.24, 2.45) is 7.05 Å². The van der Waals surface area contributed by atoms with E-state index in [2.05, 4.69) is 20.5 Å². The molecule has 2 heterocycles. The van der Waals surface area contributed by atoms with Crippen molar-refractivity contribution in [2.75, 3.05) is 18.5 Å². The lowest BCUT2D eigenvalue weighted by Crippen LogP contribution is -2.10. The van der Waals surface area contributed by atoms with E-state index in [9.17, 15) is 4.79 Å². The third-order valence-electron chi connectivity index (χ3n) is 3.42. The van der Waals surface area contributed by atoms with Crippen LogP contribution in [0.25, 0.3) is 22.1 Å². The molecule has 3 aromatic rings. The summed E-state index contributed by atoms with van der Waals surface area (Å²) in [5.74, 6) is 0.205. The lowest BCUT2D eigenvalue weighted by Gasteiger charge is -2.04. The summed E-state index contributed by atoms with van der Waals surface area (Å²) in [6, 6.07) is 8.01. The quantitative estimate of drug-likeness (QED) is 0.572. The molecule has 1 N–H and O–H groups in total. The molecular formula is C15H17N5O2. The highest BCUT2D eigenvalue weighted by atomic mass is 16.5. The second-order valence-electron chi connectivity index (χ2n) is 5.00. The fraction of sp³-hybridized carbons (Fsp3) is 0.333. The van der Waals surface area contributed by atoms with Crippen molar-refractivity contribution in [3.63, 3.8) is 0 Å². The van der Waals surface area contributed by atoms with E-state index in [0.29, 0.717) is 25.5 Å². The molecule has 0 amide bonds. The summed E-state index contributed by atoms with van der Waals surface area (Å²) in [5.41, 5.74) is 2.66. The molecule has 0 saturated carbocycles. The van der Waals surface area contributed by atoms with Crippen molar-refractivity contribution < 1.29 is 9.53 Å².